The first-order valence-electron chi connectivity index (χ1n) is 10.0. The lowest BCUT2D eigenvalue weighted by atomic mass is 9.86. The van der Waals surface area contributed by atoms with Crippen molar-refractivity contribution in [2.45, 2.75) is 12.3 Å². The summed E-state index contributed by atoms with van der Waals surface area (Å²) in [5.74, 6) is 1.69. The van der Waals surface area contributed by atoms with Crippen LogP contribution in [0.1, 0.15) is 22.6 Å². The highest BCUT2D eigenvalue weighted by Crippen LogP contribution is 2.36. The van der Waals surface area contributed by atoms with E-state index in [4.69, 9.17) is 14.5 Å². The molecule has 0 saturated heterocycles. The fraction of sp³-hybridized carbons (Fsp3) is 0.160. The lowest BCUT2D eigenvalue weighted by Gasteiger charge is -2.21. The van der Waals surface area contributed by atoms with E-state index in [1.807, 2.05) is 55.0 Å². The summed E-state index contributed by atoms with van der Waals surface area (Å²) in [6.07, 6.45) is 10.1. The zero-order valence-corrected chi connectivity index (χ0v) is 16.4. The molecule has 0 amide bonds. The normalized spacial score (nSPS) is 12.7. The predicted molar refractivity (Wildman–Crippen MR) is 115 cm³/mol. The van der Waals surface area contributed by atoms with Crippen molar-refractivity contribution in [1.29, 1.82) is 0 Å². The van der Waals surface area contributed by atoms with Crippen molar-refractivity contribution in [2.24, 2.45) is 0 Å². The average molecular weight is 395 g/mol. The third-order valence-electron chi connectivity index (χ3n) is 5.30. The van der Waals surface area contributed by atoms with Crippen LogP contribution in [-0.4, -0.2) is 28.2 Å². The maximum Gasteiger partial charge on any atom is 0.162 e. The molecule has 1 aromatic carbocycles. The Morgan fingerprint density at radius 2 is 1.47 bits per heavy atom. The molecule has 5 rings (SSSR count). The lowest BCUT2D eigenvalue weighted by Crippen LogP contribution is -2.15. The molecule has 148 valence electrons. The van der Waals surface area contributed by atoms with Crippen LogP contribution in [0.25, 0.3) is 11.3 Å². The van der Waals surface area contributed by atoms with E-state index < -0.39 is 0 Å². The third-order valence-corrected chi connectivity index (χ3v) is 5.30. The maximum atomic E-state index is 5.78. The van der Waals surface area contributed by atoms with E-state index in [0.29, 0.717) is 13.2 Å². The summed E-state index contributed by atoms with van der Waals surface area (Å²) in [7, 11) is 0. The molecule has 5 nitrogen and oxygen atoms in total. The Bertz CT molecular complexity index is 1090. The maximum absolute atomic E-state index is 5.78. The van der Waals surface area contributed by atoms with Gasteiger partial charge in [-0.05, 0) is 59.5 Å². The quantitative estimate of drug-likeness (QED) is 0.491. The number of hydrogen-bond acceptors (Lipinski definition) is 5. The van der Waals surface area contributed by atoms with Crippen molar-refractivity contribution in [1.82, 2.24) is 15.0 Å². The van der Waals surface area contributed by atoms with Gasteiger partial charge in [-0.25, -0.2) is 0 Å². The summed E-state index contributed by atoms with van der Waals surface area (Å²) in [4.78, 5) is 13.4. The lowest BCUT2D eigenvalue weighted by molar-refractivity contribution is 0.171. The Hall–Kier alpha value is -3.73. The number of pyridine rings is 3. The molecule has 0 atom stereocenters. The minimum Gasteiger partial charge on any atom is -0.486 e. The minimum atomic E-state index is 0.132. The number of nitrogens with zero attached hydrogens (tertiary/aromatic N) is 3. The van der Waals surface area contributed by atoms with Crippen LogP contribution >= 0.6 is 0 Å². The van der Waals surface area contributed by atoms with Gasteiger partial charge in [-0.2, -0.15) is 0 Å². The van der Waals surface area contributed by atoms with E-state index in [-0.39, 0.29) is 5.92 Å². The van der Waals surface area contributed by atoms with Crippen molar-refractivity contribution < 1.29 is 9.47 Å². The van der Waals surface area contributed by atoms with Gasteiger partial charge in [0.25, 0.3) is 0 Å². The molecular weight excluding hydrogens is 374 g/mol. The van der Waals surface area contributed by atoms with Gasteiger partial charge in [0.15, 0.2) is 11.5 Å². The van der Waals surface area contributed by atoms with Crippen LogP contribution in [0.15, 0.2) is 85.6 Å². The minimum absolute atomic E-state index is 0.132. The van der Waals surface area contributed by atoms with Crippen molar-refractivity contribution in [3.8, 4) is 22.8 Å². The monoisotopic (exact) mass is 395 g/mol. The Morgan fingerprint density at radius 3 is 2.17 bits per heavy atom. The molecule has 0 radical (unpaired) electrons. The Kier molecular flexibility index (Phi) is 5.08. The third kappa shape index (κ3) is 3.74. The van der Waals surface area contributed by atoms with Crippen molar-refractivity contribution >= 4 is 0 Å². The van der Waals surface area contributed by atoms with Gasteiger partial charge >= 0.3 is 0 Å². The van der Waals surface area contributed by atoms with Crippen molar-refractivity contribution in [2.75, 3.05) is 13.2 Å². The highest BCUT2D eigenvalue weighted by atomic mass is 16.6. The van der Waals surface area contributed by atoms with Crippen LogP contribution in [0.4, 0.5) is 0 Å². The van der Waals surface area contributed by atoms with Crippen LogP contribution < -0.4 is 9.47 Å². The summed E-state index contributed by atoms with van der Waals surface area (Å²) in [6, 6.07) is 18.3. The summed E-state index contributed by atoms with van der Waals surface area (Å²) in [5.41, 5.74) is 5.44. The molecule has 0 fully saturated rings. The smallest absolute Gasteiger partial charge is 0.162 e. The Morgan fingerprint density at radius 1 is 0.767 bits per heavy atom. The molecule has 0 N–H and O–H groups in total. The number of benzene rings is 1. The van der Waals surface area contributed by atoms with E-state index in [1.165, 1.54) is 0 Å². The van der Waals surface area contributed by atoms with Gasteiger partial charge in [0.1, 0.15) is 13.2 Å². The van der Waals surface area contributed by atoms with Gasteiger partial charge in [-0.15, -0.1) is 0 Å². The van der Waals surface area contributed by atoms with Crippen molar-refractivity contribution in [3.05, 3.63) is 102 Å². The van der Waals surface area contributed by atoms with E-state index in [1.54, 1.807) is 12.4 Å². The summed E-state index contributed by atoms with van der Waals surface area (Å²) >= 11 is 0. The average Bonchev–Trinajstić information content (AvgIpc) is 2.83. The van der Waals surface area contributed by atoms with Gasteiger partial charge in [0.2, 0.25) is 0 Å². The molecule has 4 aromatic rings. The van der Waals surface area contributed by atoms with E-state index in [9.17, 15) is 0 Å². The topological polar surface area (TPSA) is 57.1 Å². The number of aromatic nitrogens is 3. The molecule has 1 aliphatic heterocycles. The molecule has 0 spiro atoms. The molecule has 3 aromatic heterocycles. The first kappa shape index (κ1) is 18.3. The van der Waals surface area contributed by atoms with Gasteiger partial charge in [0.05, 0.1) is 5.69 Å². The van der Waals surface area contributed by atoms with Gasteiger partial charge < -0.3 is 9.47 Å². The first-order chi connectivity index (χ1) is 14.9. The summed E-state index contributed by atoms with van der Waals surface area (Å²) in [6.45, 7) is 1.15. The number of ether oxygens (including phenoxy) is 2. The van der Waals surface area contributed by atoms with Crippen LogP contribution in [0.5, 0.6) is 11.5 Å². The van der Waals surface area contributed by atoms with Crippen molar-refractivity contribution in [3.63, 3.8) is 0 Å². The molecular formula is C25H21N3O2. The molecule has 1 aliphatic rings. The number of hydrogen-bond donors (Lipinski definition) is 0. The molecule has 0 saturated carbocycles. The highest BCUT2D eigenvalue weighted by molar-refractivity contribution is 5.67. The fourth-order valence-electron chi connectivity index (χ4n) is 3.87. The second-order valence-electron chi connectivity index (χ2n) is 7.20. The second kappa shape index (κ2) is 8.33. The Balaban J connectivity index is 1.54. The van der Waals surface area contributed by atoms with E-state index in [0.717, 1.165) is 45.9 Å². The fourth-order valence-corrected chi connectivity index (χ4v) is 3.87. The highest BCUT2D eigenvalue weighted by Gasteiger charge is 2.19. The number of fused-ring (bicyclic) bond motifs is 1. The van der Waals surface area contributed by atoms with E-state index in [2.05, 4.69) is 28.2 Å². The molecule has 4 heterocycles. The van der Waals surface area contributed by atoms with Crippen LogP contribution in [0, 0.1) is 0 Å². The van der Waals surface area contributed by atoms with E-state index >= 15 is 0 Å². The summed E-state index contributed by atoms with van der Waals surface area (Å²) in [5, 5.41) is 0. The van der Waals surface area contributed by atoms with Gasteiger partial charge in [-0.1, -0.05) is 18.2 Å². The van der Waals surface area contributed by atoms with Crippen LogP contribution in [0.2, 0.25) is 0 Å². The molecule has 0 unspecified atom stereocenters. The largest absolute Gasteiger partial charge is 0.486 e. The number of rotatable bonds is 5. The van der Waals surface area contributed by atoms with Crippen LogP contribution in [0.3, 0.4) is 0 Å². The zero-order chi connectivity index (χ0) is 20.2. The summed E-state index contributed by atoms with van der Waals surface area (Å²) < 4.78 is 11.4. The Labute approximate surface area is 175 Å². The molecule has 30 heavy (non-hydrogen) atoms. The zero-order valence-electron chi connectivity index (χ0n) is 16.4. The first-order valence-corrected chi connectivity index (χ1v) is 10.0. The SMILES string of the molecule is c1cncc(C(Cc2cccnc2-c2ccc3c(c2)OCCO3)c2cccnc2)c1. The second-order valence-corrected chi connectivity index (χ2v) is 7.20. The standard InChI is InChI=1S/C25H21N3O2/c1-5-20(16-26-9-1)22(21-6-2-10-27-17-21)14-18-4-3-11-28-25(18)19-7-8-23-24(15-19)30-13-12-29-23/h1-11,15-17,22H,12-14H2. The van der Waals surface area contributed by atoms with Gasteiger partial charge in [-0.3, -0.25) is 15.0 Å². The molecule has 5 heteroatoms. The molecule has 0 bridgehead atoms. The predicted octanol–water partition coefficient (Wildman–Crippen LogP) is 4.68. The van der Waals surface area contributed by atoms with Crippen LogP contribution in [-0.2, 0) is 6.42 Å². The van der Waals surface area contributed by atoms with Gasteiger partial charge in [0, 0.05) is 42.5 Å². The molecule has 0 aliphatic carbocycles.